The van der Waals surface area contributed by atoms with Gasteiger partial charge in [0.2, 0.25) is 0 Å². The number of hydrogen-bond donors (Lipinski definition) is 1. The van der Waals surface area contributed by atoms with Gasteiger partial charge in [-0.3, -0.25) is 14.9 Å². The Kier molecular flexibility index (Phi) is 5.91. The van der Waals surface area contributed by atoms with Gasteiger partial charge in [0.15, 0.2) is 11.5 Å². The summed E-state index contributed by atoms with van der Waals surface area (Å²) in [4.78, 5) is 22.3. The summed E-state index contributed by atoms with van der Waals surface area (Å²) in [6, 6.07) is 8.57. The third kappa shape index (κ3) is 4.45. The summed E-state index contributed by atoms with van der Waals surface area (Å²) in [7, 11) is 2.95. The second-order valence-corrected chi connectivity index (χ2v) is 5.14. The number of non-ortho nitro benzene ring substituents is 1. The van der Waals surface area contributed by atoms with E-state index >= 15 is 0 Å². The number of nitrogens with zero attached hydrogens (tertiary/aromatic N) is 2. The zero-order chi connectivity index (χ0) is 18.4. The highest BCUT2D eigenvalue weighted by molar-refractivity contribution is 6.33. The first-order chi connectivity index (χ1) is 12.0. The van der Waals surface area contributed by atoms with E-state index in [2.05, 4.69) is 10.5 Å². The molecule has 8 nitrogen and oxygen atoms in total. The fraction of sp³-hybridized carbons (Fsp3) is 0.125. The van der Waals surface area contributed by atoms with Crippen molar-refractivity contribution < 1.29 is 19.2 Å². The van der Waals surface area contributed by atoms with Crippen molar-refractivity contribution in [3.63, 3.8) is 0 Å². The summed E-state index contributed by atoms with van der Waals surface area (Å²) in [5.74, 6) is 0.408. The lowest BCUT2D eigenvalue weighted by molar-refractivity contribution is -0.384. The smallest absolute Gasteiger partial charge is 0.271 e. The second kappa shape index (κ2) is 8.11. The minimum absolute atomic E-state index is 0.128. The van der Waals surface area contributed by atoms with Crippen LogP contribution in [0.1, 0.15) is 15.9 Å². The Morgan fingerprint density at radius 2 is 1.92 bits per heavy atom. The third-order valence-electron chi connectivity index (χ3n) is 3.21. The number of rotatable bonds is 6. The molecule has 0 heterocycles. The molecule has 0 aliphatic heterocycles. The van der Waals surface area contributed by atoms with Crippen LogP contribution in [-0.4, -0.2) is 31.3 Å². The number of ether oxygens (including phenoxy) is 2. The minimum atomic E-state index is -0.546. The van der Waals surface area contributed by atoms with Gasteiger partial charge in [0.1, 0.15) is 0 Å². The number of methoxy groups -OCH3 is 2. The molecule has 0 atom stereocenters. The zero-order valence-electron chi connectivity index (χ0n) is 13.4. The van der Waals surface area contributed by atoms with Crippen molar-refractivity contribution in [1.29, 1.82) is 0 Å². The van der Waals surface area contributed by atoms with Gasteiger partial charge in [-0.25, -0.2) is 5.43 Å². The maximum Gasteiger partial charge on any atom is 0.271 e. The summed E-state index contributed by atoms with van der Waals surface area (Å²) in [6.07, 6.45) is 1.23. The Morgan fingerprint density at radius 1 is 1.20 bits per heavy atom. The molecule has 1 amide bonds. The molecular weight excluding hydrogens is 350 g/mol. The molecular formula is C16H14ClN3O5. The molecule has 25 heavy (non-hydrogen) atoms. The zero-order valence-corrected chi connectivity index (χ0v) is 14.1. The normalized spacial score (nSPS) is 10.5. The van der Waals surface area contributed by atoms with Gasteiger partial charge in [0, 0.05) is 28.3 Å². The van der Waals surface area contributed by atoms with Crippen molar-refractivity contribution in [2.24, 2.45) is 5.10 Å². The molecule has 0 spiro atoms. The van der Waals surface area contributed by atoms with Crippen LogP contribution in [0, 0.1) is 10.1 Å². The van der Waals surface area contributed by atoms with Crippen LogP contribution in [0.15, 0.2) is 41.5 Å². The molecule has 2 rings (SSSR count). The van der Waals surface area contributed by atoms with Gasteiger partial charge < -0.3 is 9.47 Å². The number of hydrogen-bond acceptors (Lipinski definition) is 6. The van der Waals surface area contributed by atoms with Crippen LogP contribution in [0.3, 0.4) is 0 Å². The number of benzene rings is 2. The highest BCUT2D eigenvalue weighted by Crippen LogP contribution is 2.27. The summed E-state index contributed by atoms with van der Waals surface area (Å²) < 4.78 is 10.2. The molecule has 0 radical (unpaired) electrons. The Balaban J connectivity index is 2.13. The molecule has 2 aromatic carbocycles. The average Bonchev–Trinajstić information content (AvgIpc) is 2.62. The number of carbonyl (C=O) groups excluding carboxylic acids is 1. The number of amides is 1. The van der Waals surface area contributed by atoms with Crippen LogP contribution in [0.25, 0.3) is 0 Å². The standard InChI is InChI=1S/C16H14ClN3O5/c1-24-14-6-3-10(8-15(14)25-2)16(21)19-18-9-11-7-12(20(22)23)4-5-13(11)17/h3-9H,1-2H3,(H,19,21)/b18-9+. The minimum Gasteiger partial charge on any atom is -0.493 e. The van der Waals surface area contributed by atoms with Gasteiger partial charge in [-0.05, 0) is 24.3 Å². The van der Waals surface area contributed by atoms with Crippen molar-refractivity contribution in [2.75, 3.05) is 14.2 Å². The highest BCUT2D eigenvalue weighted by atomic mass is 35.5. The molecule has 0 unspecified atom stereocenters. The average molecular weight is 364 g/mol. The highest BCUT2D eigenvalue weighted by Gasteiger charge is 2.11. The first-order valence-electron chi connectivity index (χ1n) is 6.95. The van der Waals surface area contributed by atoms with Gasteiger partial charge in [-0.15, -0.1) is 0 Å². The van der Waals surface area contributed by atoms with E-state index in [-0.39, 0.29) is 10.7 Å². The van der Waals surface area contributed by atoms with Gasteiger partial charge in [0.25, 0.3) is 11.6 Å². The van der Waals surface area contributed by atoms with E-state index in [1.54, 1.807) is 12.1 Å². The molecule has 0 aromatic heterocycles. The first-order valence-corrected chi connectivity index (χ1v) is 7.33. The number of hydrazone groups is 1. The van der Waals surface area contributed by atoms with Crippen molar-refractivity contribution in [3.05, 3.63) is 62.7 Å². The van der Waals surface area contributed by atoms with Gasteiger partial charge in [0.05, 0.1) is 25.4 Å². The Morgan fingerprint density at radius 3 is 2.56 bits per heavy atom. The van der Waals surface area contributed by atoms with Crippen LogP contribution in [0.4, 0.5) is 5.69 Å². The van der Waals surface area contributed by atoms with E-state index in [9.17, 15) is 14.9 Å². The van der Waals surface area contributed by atoms with Crippen LogP contribution in [0.5, 0.6) is 11.5 Å². The fourth-order valence-electron chi connectivity index (χ4n) is 1.95. The second-order valence-electron chi connectivity index (χ2n) is 4.73. The summed E-state index contributed by atoms with van der Waals surface area (Å²) >= 11 is 5.95. The Hall–Kier alpha value is -3.13. The van der Waals surface area contributed by atoms with Crippen molar-refractivity contribution in [1.82, 2.24) is 5.43 Å². The van der Waals surface area contributed by atoms with Crippen LogP contribution >= 0.6 is 11.6 Å². The van der Waals surface area contributed by atoms with Crippen LogP contribution in [0.2, 0.25) is 5.02 Å². The quantitative estimate of drug-likeness (QED) is 0.482. The number of halogens is 1. The van der Waals surface area contributed by atoms with Crippen LogP contribution in [-0.2, 0) is 0 Å². The largest absolute Gasteiger partial charge is 0.493 e. The van der Waals surface area contributed by atoms with E-state index in [1.165, 1.54) is 44.7 Å². The summed E-state index contributed by atoms with van der Waals surface area (Å²) in [6.45, 7) is 0. The Labute approximate surface area is 148 Å². The number of nitrogens with one attached hydrogen (secondary N) is 1. The SMILES string of the molecule is COc1ccc(C(=O)N/N=C/c2cc([N+](=O)[O-])ccc2Cl)cc1OC. The molecule has 1 N–H and O–H groups in total. The molecule has 2 aromatic rings. The number of carbonyl (C=O) groups is 1. The lowest BCUT2D eigenvalue weighted by Crippen LogP contribution is -2.17. The Bertz CT molecular complexity index is 839. The molecule has 0 aliphatic rings. The molecule has 0 aliphatic carbocycles. The molecule has 0 saturated carbocycles. The summed E-state index contributed by atoms with van der Waals surface area (Å²) in [5.41, 5.74) is 2.80. The van der Waals surface area contributed by atoms with E-state index in [4.69, 9.17) is 21.1 Å². The number of nitro benzene ring substituents is 1. The van der Waals surface area contributed by atoms with Crippen molar-refractivity contribution in [2.45, 2.75) is 0 Å². The molecule has 9 heteroatoms. The predicted molar refractivity (Wildman–Crippen MR) is 92.7 cm³/mol. The number of nitro groups is 1. The molecule has 0 fully saturated rings. The maximum atomic E-state index is 12.1. The lowest BCUT2D eigenvalue weighted by Gasteiger charge is -2.08. The van der Waals surface area contributed by atoms with Crippen LogP contribution < -0.4 is 14.9 Å². The predicted octanol–water partition coefficient (Wildman–Crippen LogP) is 3.03. The lowest BCUT2D eigenvalue weighted by atomic mass is 10.2. The van der Waals surface area contributed by atoms with Gasteiger partial charge in [-0.1, -0.05) is 11.6 Å². The molecule has 0 saturated heterocycles. The van der Waals surface area contributed by atoms with Crippen molar-refractivity contribution in [3.8, 4) is 11.5 Å². The maximum absolute atomic E-state index is 12.1. The van der Waals surface area contributed by atoms with E-state index in [1.807, 2.05) is 0 Å². The fourth-order valence-corrected chi connectivity index (χ4v) is 2.11. The van der Waals surface area contributed by atoms with Gasteiger partial charge >= 0.3 is 0 Å². The topological polar surface area (TPSA) is 103 Å². The van der Waals surface area contributed by atoms with E-state index < -0.39 is 10.8 Å². The van der Waals surface area contributed by atoms with E-state index in [0.29, 0.717) is 22.6 Å². The molecule has 130 valence electrons. The first kappa shape index (κ1) is 18.2. The molecule has 0 bridgehead atoms. The third-order valence-corrected chi connectivity index (χ3v) is 3.55. The monoisotopic (exact) mass is 363 g/mol. The van der Waals surface area contributed by atoms with E-state index in [0.717, 1.165) is 0 Å². The van der Waals surface area contributed by atoms with Crippen molar-refractivity contribution >= 4 is 29.4 Å². The van der Waals surface area contributed by atoms with Gasteiger partial charge in [-0.2, -0.15) is 5.10 Å². The summed E-state index contributed by atoms with van der Waals surface area (Å²) in [5, 5.41) is 14.8.